The lowest BCUT2D eigenvalue weighted by molar-refractivity contribution is 0.103. The molecule has 0 fully saturated rings. The molecule has 0 spiro atoms. The quantitative estimate of drug-likeness (QED) is 0.430. The molecule has 24 heavy (non-hydrogen) atoms. The molecule has 0 bridgehead atoms. The molecular weight excluding hydrogens is 300 g/mol. The first-order valence-electron chi connectivity index (χ1n) is 7.37. The SMILES string of the molecule is O=C(c1ccc(C#Cc2ccccc2)cc1)c1cc(O)ccc1O. The summed E-state index contributed by atoms with van der Waals surface area (Å²) in [5.41, 5.74) is 2.19. The highest BCUT2D eigenvalue weighted by Crippen LogP contribution is 2.24. The average Bonchev–Trinajstić information content (AvgIpc) is 2.63. The third-order valence-corrected chi connectivity index (χ3v) is 3.50. The van der Waals surface area contributed by atoms with Crippen LogP contribution in [0.15, 0.2) is 72.8 Å². The Morgan fingerprint density at radius 3 is 2.04 bits per heavy atom. The molecule has 0 heterocycles. The van der Waals surface area contributed by atoms with Crippen LogP contribution in [0.2, 0.25) is 0 Å². The number of benzene rings is 3. The maximum absolute atomic E-state index is 12.4. The Bertz CT molecular complexity index is 930. The van der Waals surface area contributed by atoms with Gasteiger partial charge < -0.3 is 10.2 Å². The molecule has 3 nitrogen and oxygen atoms in total. The van der Waals surface area contributed by atoms with Crippen molar-refractivity contribution in [3.63, 3.8) is 0 Å². The summed E-state index contributed by atoms with van der Waals surface area (Å²) in [5.74, 6) is 5.50. The molecule has 0 aliphatic heterocycles. The molecule has 0 saturated heterocycles. The van der Waals surface area contributed by atoms with E-state index in [1.54, 1.807) is 24.3 Å². The van der Waals surface area contributed by atoms with Gasteiger partial charge in [0.25, 0.3) is 0 Å². The van der Waals surface area contributed by atoms with Gasteiger partial charge in [-0.15, -0.1) is 0 Å². The second-order valence-corrected chi connectivity index (χ2v) is 5.22. The average molecular weight is 314 g/mol. The minimum Gasteiger partial charge on any atom is -0.508 e. The largest absolute Gasteiger partial charge is 0.508 e. The Morgan fingerprint density at radius 2 is 1.38 bits per heavy atom. The highest BCUT2D eigenvalue weighted by Gasteiger charge is 2.14. The van der Waals surface area contributed by atoms with Gasteiger partial charge in [-0.3, -0.25) is 4.79 Å². The summed E-state index contributed by atoms with van der Waals surface area (Å²) in [6.07, 6.45) is 0. The van der Waals surface area contributed by atoms with Crippen molar-refractivity contribution in [2.75, 3.05) is 0 Å². The third kappa shape index (κ3) is 3.45. The number of carbonyl (C=O) groups is 1. The number of ketones is 1. The van der Waals surface area contributed by atoms with Gasteiger partial charge in [-0.2, -0.15) is 0 Å². The smallest absolute Gasteiger partial charge is 0.196 e. The summed E-state index contributed by atoms with van der Waals surface area (Å²) in [4.78, 5) is 12.4. The lowest BCUT2D eigenvalue weighted by Crippen LogP contribution is -2.01. The van der Waals surface area contributed by atoms with Gasteiger partial charge in [0.05, 0.1) is 5.56 Å². The van der Waals surface area contributed by atoms with Gasteiger partial charge in [-0.05, 0) is 54.6 Å². The van der Waals surface area contributed by atoms with Crippen molar-refractivity contribution < 1.29 is 15.0 Å². The summed E-state index contributed by atoms with van der Waals surface area (Å²) >= 11 is 0. The summed E-state index contributed by atoms with van der Waals surface area (Å²) in [7, 11) is 0. The number of phenolic OH excluding ortho intramolecular Hbond substituents is 2. The lowest BCUT2D eigenvalue weighted by atomic mass is 10.0. The van der Waals surface area contributed by atoms with Crippen LogP contribution in [0.4, 0.5) is 0 Å². The molecule has 2 N–H and O–H groups in total. The predicted octanol–water partition coefficient (Wildman–Crippen LogP) is 3.73. The van der Waals surface area contributed by atoms with Crippen molar-refractivity contribution in [1.82, 2.24) is 0 Å². The van der Waals surface area contributed by atoms with Crippen molar-refractivity contribution >= 4 is 5.78 Å². The van der Waals surface area contributed by atoms with Crippen molar-refractivity contribution in [2.45, 2.75) is 0 Å². The summed E-state index contributed by atoms with van der Waals surface area (Å²) in [6, 6.07) is 20.3. The van der Waals surface area contributed by atoms with Crippen LogP contribution in [0.5, 0.6) is 11.5 Å². The molecule has 116 valence electrons. The first-order valence-corrected chi connectivity index (χ1v) is 7.37. The Hall–Kier alpha value is -3.51. The molecule has 0 atom stereocenters. The van der Waals surface area contributed by atoms with Gasteiger partial charge in [0, 0.05) is 16.7 Å². The van der Waals surface area contributed by atoms with Crippen molar-refractivity contribution in [2.24, 2.45) is 0 Å². The fourth-order valence-corrected chi connectivity index (χ4v) is 2.23. The molecule has 3 aromatic carbocycles. The number of aromatic hydroxyl groups is 2. The highest BCUT2D eigenvalue weighted by atomic mass is 16.3. The van der Waals surface area contributed by atoms with E-state index in [1.165, 1.54) is 18.2 Å². The summed E-state index contributed by atoms with van der Waals surface area (Å²) < 4.78 is 0. The normalized spacial score (nSPS) is 9.83. The zero-order chi connectivity index (χ0) is 16.9. The molecular formula is C21H14O3. The number of phenols is 2. The lowest BCUT2D eigenvalue weighted by Gasteiger charge is -2.04. The van der Waals surface area contributed by atoms with Gasteiger partial charge in [0.1, 0.15) is 11.5 Å². The van der Waals surface area contributed by atoms with Gasteiger partial charge in [0.2, 0.25) is 0 Å². The number of hydrogen-bond donors (Lipinski definition) is 2. The molecule has 0 aromatic heterocycles. The molecule has 3 aromatic rings. The van der Waals surface area contributed by atoms with E-state index in [9.17, 15) is 15.0 Å². The zero-order valence-electron chi connectivity index (χ0n) is 12.7. The van der Waals surface area contributed by atoms with E-state index in [1.807, 2.05) is 30.3 Å². The van der Waals surface area contributed by atoms with Crippen LogP contribution in [-0.2, 0) is 0 Å². The molecule has 3 heteroatoms. The molecule has 3 rings (SSSR count). The van der Waals surface area contributed by atoms with Crippen molar-refractivity contribution in [3.8, 4) is 23.3 Å². The van der Waals surface area contributed by atoms with Crippen LogP contribution < -0.4 is 0 Å². The van der Waals surface area contributed by atoms with Crippen LogP contribution in [0, 0.1) is 11.8 Å². The standard InChI is InChI=1S/C21H14O3/c22-18-12-13-20(23)19(14-18)21(24)17-10-8-16(9-11-17)7-6-15-4-2-1-3-5-15/h1-5,8-14,22-23H. The first-order chi connectivity index (χ1) is 11.6. The third-order valence-electron chi connectivity index (χ3n) is 3.50. The molecule has 0 aliphatic rings. The monoisotopic (exact) mass is 314 g/mol. The van der Waals surface area contributed by atoms with Crippen LogP contribution >= 0.6 is 0 Å². The van der Waals surface area contributed by atoms with Crippen molar-refractivity contribution in [1.29, 1.82) is 0 Å². The minimum atomic E-state index is -0.356. The molecule has 0 unspecified atom stereocenters. The number of hydrogen-bond acceptors (Lipinski definition) is 3. The van der Waals surface area contributed by atoms with E-state index < -0.39 is 0 Å². The van der Waals surface area contributed by atoms with Gasteiger partial charge in [-0.1, -0.05) is 30.0 Å². The van der Waals surface area contributed by atoms with Gasteiger partial charge >= 0.3 is 0 Å². The van der Waals surface area contributed by atoms with E-state index in [0.29, 0.717) is 5.56 Å². The van der Waals surface area contributed by atoms with Crippen LogP contribution in [0.3, 0.4) is 0 Å². The maximum atomic E-state index is 12.4. The molecule has 0 amide bonds. The predicted molar refractivity (Wildman–Crippen MR) is 92.1 cm³/mol. The van der Waals surface area contributed by atoms with E-state index in [4.69, 9.17) is 0 Å². The number of carbonyl (C=O) groups excluding carboxylic acids is 1. The Kier molecular flexibility index (Phi) is 4.31. The Balaban J connectivity index is 1.83. The molecule has 0 saturated carbocycles. The zero-order valence-corrected chi connectivity index (χ0v) is 12.7. The summed E-state index contributed by atoms with van der Waals surface area (Å²) in [6.45, 7) is 0. The van der Waals surface area contributed by atoms with Crippen LogP contribution in [0.1, 0.15) is 27.0 Å². The maximum Gasteiger partial charge on any atom is 0.196 e. The Morgan fingerprint density at radius 1 is 0.750 bits per heavy atom. The Labute approximate surface area is 139 Å². The van der Waals surface area contributed by atoms with Gasteiger partial charge in [-0.25, -0.2) is 0 Å². The van der Waals surface area contributed by atoms with Crippen molar-refractivity contribution in [3.05, 3.63) is 95.1 Å². The highest BCUT2D eigenvalue weighted by molar-refractivity contribution is 6.10. The second kappa shape index (κ2) is 6.72. The van der Waals surface area contributed by atoms with Crippen LogP contribution in [0.25, 0.3) is 0 Å². The molecule has 0 aliphatic carbocycles. The van der Waals surface area contributed by atoms with E-state index in [0.717, 1.165) is 11.1 Å². The first kappa shape index (κ1) is 15.4. The fourth-order valence-electron chi connectivity index (χ4n) is 2.23. The van der Waals surface area contributed by atoms with E-state index >= 15 is 0 Å². The topological polar surface area (TPSA) is 57.5 Å². The van der Waals surface area contributed by atoms with E-state index in [-0.39, 0.29) is 22.8 Å². The molecule has 0 radical (unpaired) electrons. The number of rotatable bonds is 2. The van der Waals surface area contributed by atoms with E-state index in [2.05, 4.69) is 11.8 Å². The minimum absolute atomic E-state index is 0.0677. The van der Waals surface area contributed by atoms with Gasteiger partial charge in [0.15, 0.2) is 5.78 Å². The summed E-state index contributed by atoms with van der Waals surface area (Å²) in [5, 5.41) is 19.3. The fraction of sp³-hybridized carbons (Fsp3) is 0. The second-order valence-electron chi connectivity index (χ2n) is 5.22. The van der Waals surface area contributed by atoms with Crippen LogP contribution in [-0.4, -0.2) is 16.0 Å².